The third-order valence-corrected chi connectivity index (χ3v) is 5.29. The highest BCUT2D eigenvalue weighted by molar-refractivity contribution is 7.21. The van der Waals surface area contributed by atoms with Crippen LogP contribution in [0.15, 0.2) is 42.5 Å². The topological polar surface area (TPSA) is 78.9 Å². The van der Waals surface area contributed by atoms with Gasteiger partial charge in [-0.05, 0) is 43.3 Å². The molecule has 0 fully saturated rings. The molecule has 0 saturated carbocycles. The molecule has 1 heterocycles. The first-order chi connectivity index (χ1) is 14.0. The van der Waals surface area contributed by atoms with Gasteiger partial charge in [0.05, 0.1) is 24.8 Å². The molecule has 0 aliphatic rings. The lowest BCUT2D eigenvalue weighted by molar-refractivity contribution is 0.0454. The molecule has 2 aromatic carbocycles. The number of hydrogen-bond acceptors (Lipinski definition) is 7. The second-order valence-corrected chi connectivity index (χ2v) is 6.94. The molecule has 0 spiro atoms. The molecule has 6 nitrogen and oxygen atoms in total. The van der Waals surface area contributed by atoms with Crippen molar-refractivity contribution < 1.29 is 33.0 Å². The van der Waals surface area contributed by atoms with Crippen molar-refractivity contribution in [2.24, 2.45) is 0 Å². The molecule has 0 radical (unpaired) electrons. The van der Waals surface area contributed by atoms with Gasteiger partial charge in [-0.1, -0.05) is 6.07 Å². The number of carbonyl (C=O) groups is 3. The fourth-order valence-electron chi connectivity index (χ4n) is 2.75. The molecule has 0 aliphatic heterocycles. The van der Waals surface area contributed by atoms with Crippen LogP contribution in [0.25, 0.3) is 10.1 Å². The molecule has 3 rings (SSSR count). The molecule has 8 heteroatoms. The molecule has 150 valence electrons. The smallest absolute Gasteiger partial charge is 0.348 e. The van der Waals surface area contributed by atoms with Crippen LogP contribution in [-0.4, -0.2) is 31.6 Å². The maximum absolute atomic E-state index is 14.4. The van der Waals surface area contributed by atoms with Gasteiger partial charge in [-0.15, -0.1) is 11.3 Å². The highest BCUT2D eigenvalue weighted by Crippen LogP contribution is 2.34. The van der Waals surface area contributed by atoms with Crippen molar-refractivity contribution in [3.63, 3.8) is 0 Å². The number of carbonyl (C=O) groups excluding carboxylic acids is 3. The lowest BCUT2D eigenvalue weighted by Crippen LogP contribution is -2.10. The average molecular weight is 416 g/mol. The number of fused-ring (bicyclic) bond motifs is 1. The molecule has 0 unspecified atom stereocenters. The van der Waals surface area contributed by atoms with Gasteiger partial charge in [0.2, 0.25) is 0 Å². The van der Waals surface area contributed by atoms with E-state index >= 15 is 0 Å². The minimum atomic E-state index is -0.674. The van der Waals surface area contributed by atoms with Crippen molar-refractivity contribution in [1.82, 2.24) is 0 Å². The molecule has 29 heavy (non-hydrogen) atoms. The molecular weight excluding hydrogens is 399 g/mol. The summed E-state index contributed by atoms with van der Waals surface area (Å²) in [5.41, 5.74) is 0.760. The summed E-state index contributed by atoms with van der Waals surface area (Å²) in [6, 6.07) is 10.2. The lowest BCUT2D eigenvalue weighted by Gasteiger charge is -2.08. The molecule has 1 aromatic heterocycles. The molecule has 0 N–H and O–H groups in total. The van der Waals surface area contributed by atoms with E-state index in [1.807, 2.05) is 0 Å². The van der Waals surface area contributed by atoms with Crippen molar-refractivity contribution in [2.45, 2.75) is 13.5 Å². The van der Waals surface area contributed by atoms with E-state index in [9.17, 15) is 18.8 Å². The largest absolute Gasteiger partial charge is 0.465 e. The summed E-state index contributed by atoms with van der Waals surface area (Å²) in [7, 11) is 1.26. The first kappa shape index (κ1) is 20.5. The quantitative estimate of drug-likeness (QED) is 0.439. The van der Waals surface area contributed by atoms with Crippen LogP contribution in [0, 0.1) is 5.82 Å². The fraction of sp³-hybridized carbons (Fsp3) is 0.190. The highest BCUT2D eigenvalue weighted by Gasteiger charge is 2.23. The number of esters is 3. The second kappa shape index (κ2) is 8.83. The summed E-state index contributed by atoms with van der Waals surface area (Å²) in [6.45, 7) is 1.54. The van der Waals surface area contributed by atoms with Gasteiger partial charge in [0.25, 0.3) is 0 Å². The zero-order chi connectivity index (χ0) is 21.0. The van der Waals surface area contributed by atoms with Crippen molar-refractivity contribution in [1.29, 1.82) is 0 Å². The standard InChI is InChI=1S/C21H17FO6S/c1-3-27-21(25)18-14(17-15(22)5-4-6-16(17)29-18)11-28-20(24)13-9-7-12(8-10-13)19(23)26-2/h4-10H,3,11H2,1-2H3. The number of ether oxygens (including phenoxy) is 3. The van der Waals surface area contributed by atoms with Crippen LogP contribution in [0.1, 0.15) is 42.9 Å². The predicted octanol–water partition coefficient (Wildman–Crippen LogP) is 4.36. The van der Waals surface area contributed by atoms with E-state index in [-0.39, 0.29) is 34.6 Å². The van der Waals surface area contributed by atoms with Gasteiger partial charge >= 0.3 is 17.9 Å². The van der Waals surface area contributed by atoms with Gasteiger partial charge in [-0.3, -0.25) is 0 Å². The summed E-state index contributed by atoms with van der Waals surface area (Å²) in [5.74, 6) is -2.31. The van der Waals surface area contributed by atoms with Crippen LogP contribution in [-0.2, 0) is 20.8 Å². The number of rotatable bonds is 6. The molecule has 0 amide bonds. The summed E-state index contributed by atoms with van der Waals surface area (Å²) >= 11 is 1.08. The Hall–Kier alpha value is -3.26. The zero-order valence-electron chi connectivity index (χ0n) is 15.7. The van der Waals surface area contributed by atoms with Crippen LogP contribution in [0.2, 0.25) is 0 Å². The Morgan fingerprint density at radius 1 is 0.931 bits per heavy atom. The molecule has 0 bridgehead atoms. The zero-order valence-corrected chi connectivity index (χ0v) is 16.5. The van der Waals surface area contributed by atoms with Crippen LogP contribution in [0.3, 0.4) is 0 Å². The summed E-state index contributed by atoms with van der Waals surface area (Å²) in [6.07, 6.45) is 0. The van der Waals surface area contributed by atoms with Gasteiger partial charge in [-0.25, -0.2) is 18.8 Å². The third-order valence-electron chi connectivity index (χ3n) is 4.11. The molecular formula is C21H17FO6S. The Balaban J connectivity index is 1.85. The van der Waals surface area contributed by atoms with Crippen molar-refractivity contribution in [3.05, 3.63) is 69.8 Å². The summed E-state index contributed by atoms with van der Waals surface area (Å²) in [5, 5.41) is 0.231. The van der Waals surface area contributed by atoms with E-state index in [0.29, 0.717) is 10.3 Å². The van der Waals surface area contributed by atoms with Crippen LogP contribution in [0.5, 0.6) is 0 Å². The Morgan fingerprint density at radius 3 is 2.21 bits per heavy atom. The van der Waals surface area contributed by atoms with E-state index in [1.165, 1.54) is 37.4 Å². The van der Waals surface area contributed by atoms with E-state index in [0.717, 1.165) is 11.3 Å². The molecule has 0 saturated heterocycles. The minimum absolute atomic E-state index is 0.168. The maximum atomic E-state index is 14.4. The lowest BCUT2D eigenvalue weighted by atomic mass is 10.1. The number of halogens is 1. The first-order valence-corrected chi connectivity index (χ1v) is 9.50. The minimum Gasteiger partial charge on any atom is -0.465 e. The van der Waals surface area contributed by atoms with E-state index in [4.69, 9.17) is 9.47 Å². The van der Waals surface area contributed by atoms with Crippen molar-refractivity contribution >= 4 is 39.3 Å². The van der Waals surface area contributed by atoms with E-state index in [1.54, 1.807) is 19.1 Å². The average Bonchev–Trinajstić information content (AvgIpc) is 3.11. The van der Waals surface area contributed by atoms with Crippen molar-refractivity contribution in [3.8, 4) is 0 Å². The van der Waals surface area contributed by atoms with Gasteiger partial charge in [0.15, 0.2) is 0 Å². The Morgan fingerprint density at radius 2 is 1.59 bits per heavy atom. The molecule has 0 atom stereocenters. The summed E-state index contributed by atoms with van der Waals surface area (Å²) in [4.78, 5) is 36.3. The van der Waals surface area contributed by atoms with Gasteiger partial charge in [-0.2, -0.15) is 0 Å². The van der Waals surface area contributed by atoms with Gasteiger partial charge in [0.1, 0.15) is 17.3 Å². The SMILES string of the molecule is CCOC(=O)c1sc2cccc(F)c2c1COC(=O)c1ccc(C(=O)OC)cc1. The van der Waals surface area contributed by atoms with Crippen LogP contribution >= 0.6 is 11.3 Å². The maximum Gasteiger partial charge on any atom is 0.348 e. The van der Waals surface area contributed by atoms with Gasteiger partial charge < -0.3 is 14.2 Å². The number of methoxy groups -OCH3 is 1. The number of benzene rings is 2. The second-order valence-electron chi connectivity index (χ2n) is 5.89. The van der Waals surface area contributed by atoms with E-state index in [2.05, 4.69) is 4.74 Å². The molecule has 3 aromatic rings. The normalized spacial score (nSPS) is 10.6. The Labute approximate surface area is 169 Å². The summed E-state index contributed by atoms with van der Waals surface area (Å²) < 4.78 is 29.9. The van der Waals surface area contributed by atoms with Crippen LogP contribution < -0.4 is 0 Å². The molecule has 0 aliphatic carbocycles. The van der Waals surface area contributed by atoms with Crippen molar-refractivity contribution in [2.75, 3.05) is 13.7 Å². The van der Waals surface area contributed by atoms with E-state index < -0.39 is 23.7 Å². The van der Waals surface area contributed by atoms with Crippen LogP contribution in [0.4, 0.5) is 4.39 Å². The monoisotopic (exact) mass is 416 g/mol. The Kier molecular flexibility index (Phi) is 6.23. The predicted molar refractivity (Wildman–Crippen MR) is 105 cm³/mol. The highest BCUT2D eigenvalue weighted by atomic mass is 32.1. The Bertz CT molecular complexity index is 1070. The third kappa shape index (κ3) is 4.27. The fourth-order valence-corrected chi connectivity index (χ4v) is 3.86. The number of hydrogen-bond donors (Lipinski definition) is 0. The number of thiophene rings is 1. The first-order valence-electron chi connectivity index (χ1n) is 8.68. The van der Waals surface area contributed by atoms with Gasteiger partial charge in [0, 0.05) is 15.6 Å².